The first kappa shape index (κ1) is 13.0. The second-order valence-electron chi connectivity index (χ2n) is 5.22. The lowest BCUT2D eigenvalue weighted by atomic mass is 9.85. The Labute approximate surface area is 94.6 Å². The fourth-order valence-corrected chi connectivity index (χ4v) is 2.64. The van der Waals surface area contributed by atoms with Crippen LogP contribution in [0.5, 0.6) is 0 Å². The number of ether oxygens (including phenoxy) is 1. The Morgan fingerprint density at radius 1 is 1.33 bits per heavy atom. The molecule has 0 saturated heterocycles. The van der Waals surface area contributed by atoms with Crippen molar-refractivity contribution in [2.24, 2.45) is 11.7 Å². The van der Waals surface area contributed by atoms with Crippen LogP contribution in [0.3, 0.4) is 0 Å². The molecule has 90 valence electrons. The molecule has 0 aromatic heterocycles. The Bertz CT molecular complexity index is 170. The number of hydrogen-bond donors (Lipinski definition) is 1. The molecular formula is C13H27NO. The van der Waals surface area contributed by atoms with Crippen molar-refractivity contribution in [3.63, 3.8) is 0 Å². The molecule has 15 heavy (non-hydrogen) atoms. The molecular weight excluding hydrogens is 186 g/mol. The Morgan fingerprint density at radius 3 is 2.67 bits per heavy atom. The average molecular weight is 213 g/mol. The van der Waals surface area contributed by atoms with Crippen molar-refractivity contribution in [1.82, 2.24) is 0 Å². The highest BCUT2D eigenvalue weighted by atomic mass is 16.5. The molecule has 0 heterocycles. The molecule has 1 rings (SSSR count). The van der Waals surface area contributed by atoms with Gasteiger partial charge in [-0.3, -0.25) is 0 Å². The highest BCUT2D eigenvalue weighted by molar-refractivity contribution is 4.74. The van der Waals surface area contributed by atoms with Gasteiger partial charge in [-0.05, 0) is 39.0 Å². The lowest BCUT2D eigenvalue weighted by Gasteiger charge is -2.31. The van der Waals surface area contributed by atoms with Gasteiger partial charge in [0.2, 0.25) is 0 Å². The summed E-state index contributed by atoms with van der Waals surface area (Å²) in [6.45, 7) is 6.49. The standard InChI is InChI=1S/C13H27NO/c1-4-12-6-5-7-13(9-12)15-11(3)8-10(2)14/h10-13H,4-9,14H2,1-3H3. The van der Waals surface area contributed by atoms with E-state index in [1.165, 1.54) is 32.1 Å². The van der Waals surface area contributed by atoms with Crippen LogP contribution in [0.4, 0.5) is 0 Å². The summed E-state index contributed by atoms with van der Waals surface area (Å²) in [5.41, 5.74) is 5.77. The Morgan fingerprint density at radius 2 is 2.07 bits per heavy atom. The van der Waals surface area contributed by atoms with E-state index in [9.17, 15) is 0 Å². The van der Waals surface area contributed by atoms with Gasteiger partial charge in [0.25, 0.3) is 0 Å². The lowest BCUT2D eigenvalue weighted by Crippen LogP contribution is -2.30. The van der Waals surface area contributed by atoms with E-state index < -0.39 is 0 Å². The van der Waals surface area contributed by atoms with E-state index in [1.807, 2.05) is 0 Å². The predicted molar refractivity (Wildman–Crippen MR) is 64.9 cm³/mol. The molecule has 0 radical (unpaired) electrons. The monoisotopic (exact) mass is 213 g/mol. The third-order valence-corrected chi connectivity index (χ3v) is 3.44. The van der Waals surface area contributed by atoms with E-state index in [0.717, 1.165) is 12.3 Å². The second kappa shape index (κ2) is 6.49. The van der Waals surface area contributed by atoms with E-state index >= 15 is 0 Å². The van der Waals surface area contributed by atoms with E-state index in [-0.39, 0.29) is 6.04 Å². The Balaban J connectivity index is 2.25. The maximum Gasteiger partial charge on any atom is 0.0581 e. The first-order chi connectivity index (χ1) is 7.11. The van der Waals surface area contributed by atoms with Crippen molar-refractivity contribution in [3.05, 3.63) is 0 Å². The Hall–Kier alpha value is -0.0800. The first-order valence-electron chi connectivity index (χ1n) is 6.52. The minimum Gasteiger partial charge on any atom is -0.375 e. The van der Waals surface area contributed by atoms with Gasteiger partial charge in [-0.15, -0.1) is 0 Å². The molecule has 0 aromatic carbocycles. The van der Waals surface area contributed by atoms with Crippen molar-refractivity contribution >= 4 is 0 Å². The molecule has 4 unspecified atom stereocenters. The molecule has 0 bridgehead atoms. The van der Waals surface area contributed by atoms with Crippen molar-refractivity contribution in [3.8, 4) is 0 Å². The fourth-order valence-electron chi connectivity index (χ4n) is 2.64. The second-order valence-corrected chi connectivity index (χ2v) is 5.22. The zero-order valence-electron chi connectivity index (χ0n) is 10.5. The van der Waals surface area contributed by atoms with E-state index in [0.29, 0.717) is 12.2 Å². The normalized spacial score (nSPS) is 31.2. The molecule has 0 aliphatic heterocycles. The summed E-state index contributed by atoms with van der Waals surface area (Å²) in [6.07, 6.45) is 8.36. The molecule has 2 heteroatoms. The third-order valence-electron chi connectivity index (χ3n) is 3.44. The summed E-state index contributed by atoms with van der Waals surface area (Å²) in [6, 6.07) is 0.255. The summed E-state index contributed by atoms with van der Waals surface area (Å²) in [5, 5.41) is 0. The van der Waals surface area contributed by atoms with Gasteiger partial charge in [0, 0.05) is 6.04 Å². The van der Waals surface area contributed by atoms with Gasteiger partial charge in [0.05, 0.1) is 12.2 Å². The number of rotatable bonds is 5. The van der Waals surface area contributed by atoms with Gasteiger partial charge in [0.1, 0.15) is 0 Å². The van der Waals surface area contributed by atoms with Gasteiger partial charge < -0.3 is 10.5 Å². The summed E-state index contributed by atoms with van der Waals surface area (Å²) >= 11 is 0. The molecule has 0 aromatic rings. The predicted octanol–water partition coefficient (Wildman–Crippen LogP) is 3.10. The summed E-state index contributed by atoms with van der Waals surface area (Å²) < 4.78 is 6.05. The van der Waals surface area contributed by atoms with Crippen molar-refractivity contribution in [2.45, 2.75) is 77.5 Å². The molecule has 4 atom stereocenters. The van der Waals surface area contributed by atoms with Crippen LogP contribution in [0.2, 0.25) is 0 Å². The van der Waals surface area contributed by atoms with E-state index in [4.69, 9.17) is 10.5 Å². The molecule has 1 saturated carbocycles. The van der Waals surface area contributed by atoms with Crippen molar-refractivity contribution in [1.29, 1.82) is 0 Å². The van der Waals surface area contributed by atoms with Crippen LogP contribution >= 0.6 is 0 Å². The highest BCUT2D eigenvalue weighted by Crippen LogP contribution is 2.29. The molecule has 2 nitrogen and oxygen atoms in total. The minimum atomic E-state index is 0.255. The van der Waals surface area contributed by atoms with Crippen LogP contribution in [0.25, 0.3) is 0 Å². The van der Waals surface area contributed by atoms with Crippen LogP contribution < -0.4 is 5.73 Å². The van der Waals surface area contributed by atoms with Gasteiger partial charge in [-0.1, -0.05) is 26.2 Å². The first-order valence-corrected chi connectivity index (χ1v) is 6.52. The molecule has 2 N–H and O–H groups in total. The highest BCUT2D eigenvalue weighted by Gasteiger charge is 2.22. The van der Waals surface area contributed by atoms with Crippen LogP contribution in [-0.2, 0) is 4.74 Å². The Kier molecular flexibility index (Phi) is 5.62. The van der Waals surface area contributed by atoms with Crippen molar-refractivity contribution < 1.29 is 4.74 Å². The van der Waals surface area contributed by atoms with E-state index in [2.05, 4.69) is 20.8 Å². The number of nitrogens with two attached hydrogens (primary N) is 1. The average Bonchev–Trinajstić information content (AvgIpc) is 2.16. The number of hydrogen-bond acceptors (Lipinski definition) is 2. The third kappa shape index (κ3) is 4.98. The molecule has 0 amide bonds. The SMILES string of the molecule is CCC1CCCC(OC(C)CC(C)N)C1. The minimum absolute atomic E-state index is 0.255. The smallest absolute Gasteiger partial charge is 0.0581 e. The van der Waals surface area contributed by atoms with Gasteiger partial charge in [-0.2, -0.15) is 0 Å². The topological polar surface area (TPSA) is 35.2 Å². The van der Waals surface area contributed by atoms with Crippen LogP contribution in [-0.4, -0.2) is 18.2 Å². The van der Waals surface area contributed by atoms with Crippen LogP contribution in [0, 0.1) is 5.92 Å². The zero-order chi connectivity index (χ0) is 11.3. The van der Waals surface area contributed by atoms with Gasteiger partial charge >= 0.3 is 0 Å². The maximum absolute atomic E-state index is 6.05. The molecule has 1 fully saturated rings. The zero-order valence-corrected chi connectivity index (χ0v) is 10.5. The summed E-state index contributed by atoms with van der Waals surface area (Å²) in [5.74, 6) is 0.895. The van der Waals surface area contributed by atoms with Crippen LogP contribution in [0.15, 0.2) is 0 Å². The summed E-state index contributed by atoms with van der Waals surface area (Å²) in [7, 11) is 0. The van der Waals surface area contributed by atoms with Crippen LogP contribution in [0.1, 0.15) is 59.3 Å². The van der Waals surface area contributed by atoms with Gasteiger partial charge in [0.15, 0.2) is 0 Å². The van der Waals surface area contributed by atoms with E-state index in [1.54, 1.807) is 0 Å². The lowest BCUT2D eigenvalue weighted by molar-refractivity contribution is -0.0372. The quantitative estimate of drug-likeness (QED) is 0.761. The maximum atomic E-state index is 6.05. The molecule has 1 aliphatic rings. The molecule has 1 aliphatic carbocycles. The largest absolute Gasteiger partial charge is 0.375 e. The fraction of sp³-hybridized carbons (Fsp3) is 1.00. The molecule has 0 spiro atoms. The van der Waals surface area contributed by atoms with Crippen molar-refractivity contribution in [2.75, 3.05) is 0 Å². The van der Waals surface area contributed by atoms with Gasteiger partial charge in [-0.25, -0.2) is 0 Å². The summed E-state index contributed by atoms with van der Waals surface area (Å²) in [4.78, 5) is 0.